The van der Waals surface area contributed by atoms with Crippen LogP contribution in [-0.2, 0) is 19.6 Å². The fourth-order valence-electron chi connectivity index (χ4n) is 3.57. The molecule has 7 nitrogen and oxygen atoms in total. The molecule has 1 aromatic carbocycles. The Hall–Kier alpha value is -1.93. The molecule has 0 spiro atoms. The molecule has 162 valence electrons. The monoisotopic (exact) mass is 423 g/mol. The van der Waals surface area contributed by atoms with Crippen molar-refractivity contribution in [3.63, 3.8) is 0 Å². The number of rotatable bonds is 9. The van der Waals surface area contributed by atoms with Gasteiger partial charge in [0.2, 0.25) is 15.9 Å². The van der Waals surface area contributed by atoms with Gasteiger partial charge in [0, 0.05) is 12.5 Å². The van der Waals surface area contributed by atoms with Crippen molar-refractivity contribution in [2.75, 3.05) is 6.54 Å². The SMILES string of the molecule is CC[C@H](C)[C@H](NS(=O)(=O)c1ccc(C)cc1)C(=O)NCC1CCC(C(=O)[O-])CC1. The molecule has 8 heteroatoms. The molecular formula is C21H31N2O5S-. The van der Waals surface area contributed by atoms with Crippen molar-refractivity contribution >= 4 is 21.9 Å². The van der Waals surface area contributed by atoms with E-state index in [1.807, 2.05) is 20.8 Å². The van der Waals surface area contributed by atoms with Gasteiger partial charge in [-0.05, 0) is 62.5 Å². The third kappa shape index (κ3) is 6.54. The summed E-state index contributed by atoms with van der Waals surface area (Å²) in [6, 6.07) is 5.62. The van der Waals surface area contributed by atoms with Gasteiger partial charge in [-0.3, -0.25) is 4.79 Å². The number of carbonyl (C=O) groups is 2. The lowest BCUT2D eigenvalue weighted by atomic mass is 9.82. The van der Waals surface area contributed by atoms with Crippen LogP contribution in [0.3, 0.4) is 0 Å². The standard InChI is InChI=1S/C21H32N2O5S/c1-4-15(3)19(23-29(27,28)18-11-5-14(2)6-12-18)20(24)22-13-16-7-9-17(10-8-16)21(25)26/h5-6,11-12,15-17,19,23H,4,7-10,13H2,1-3H3,(H,22,24)(H,25,26)/p-1/t15-,16?,17?,19-/m0/s1. The van der Waals surface area contributed by atoms with Crippen molar-refractivity contribution in [2.24, 2.45) is 17.8 Å². The summed E-state index contributed by atoms with van der Waals surface area (Å²) < 4.78 is 28.0. The summed E-state index contributed by atoms with van der Waals surface area (Å²) in [6.07, 6.45) is 3.17. The zero-order chi connectivity index (χ0) is 21.6. The van der Waals surface area contributed by atoms with E-state index in [4.69, 9.17) is 0 Å². The molecule has 1 aliphatic rings. The van der Waals surface area contributed by atoms with E-state index >= 15 is 0 Å². The molecular weight excluding hydrogens is 392 g/mol. The largest absolute Gasteiger partial charge is 0.550 e. The maximum Gasteiger partial charge on any atom is 0.241 e. The van der Waals surface area contributed by atoms with E-state index in [2.05, 4.69) is 10.0 Å². The van der Waals surface area contributed by atoms with Crippen LogP contribution in [0.2, 0.25) is 0 Å². The van der Waals surface area contributed by atoms with Crippen LogP contribution >= 0.6 is 0 Å². The Morgan fingerprint density at radius 1 is 1.14 bits per heavy atom. The molecule has 0 unspecified atom stereocenters. The summed E-state index contributed by atoms with van der Waals surface area (Å²) in [6.45, 7) is 6.04. The van der Waals surface area contributed by atoms with Crippen molar-refractivity contribution < 1.29 is 23.1 Å². The van der Waals surface area contributed by atoms with Crippen LogP contribution in [-0.4, -0.2) is 32.9 Å². The molecule has 1 aliphatic carbocycles. The molecule has 1 aromatic rings. The molecule has 2 atom stereocenters. The summed E-state index contributed by atoms with van der Waals surface area (Å²) in [7, 11) is -3.82. The van der Waals surface area contributed by atoms with Crippen molar-refractivity contribution in [1.82, 2.24) is 10.0 Å². The Balaban J connectivity index is 1.99. The maximum absolute atomic E-state index is 12.8. The fourth-order valence-corrected chi connectivity index (χ4v) is 4.88. The number of sulfonamides is 1. The zero-order valence-corrected chi connectivity index (χ0v) is 18.1. The van der Waals surface area contributed by atoms with Crippen LogP contribution in [0.5, 0.6) is 0 Å². The average molecular weight is 424 g/mol. The number of carboxylic acid groups (broad SMARTS) is 1. The summed E-state index contributed by atoms with van der Waals surface area (Å²) in [5, 5.41) is 13.8. The van der Waals surface area contributed by atoms with Crippen molar-refractivity contribution in [1.29, 1.82) is 0 Å². The predicted molar refractivity (Wildman–Crippen MR) is 108 cm³/mol. The minimum atomic E-state index is -3.82. The van der Waals surface area contributed by atoms with Crippen molar-refractivity contribution in [3.8, 4) is 0 Å². The van der Waals surface area contributed by atoms with E-state index in [1.165, 1.54) is 12.1 Å². The van der Waals surface area contributed by atoms with Gasteiger partial charge in [-0.15, -0.1) is 0 Å². The Morgan fingerprint density at radius 3 is 2.24 bits per heavy atom. The fraction of sp³-hybridized carbons (Fsp3) is 0.619. The highest BCUT2D eigenvalue weighted by Gasteiger charge is 2.30. The van der Waals surface area contributed by atoms with Crippen LogP contribution in [0.1, 0.15) is 51.5 Å². The van der Waals surface area contributed by atoms with E-state index < -0.39 is 28.0 Å². The van der Waals surface area contributed by atoms with E-state index in [1.54, 1.807) is 12.1 Å². The highest BCUT2D eigenvalue weighted by molar-refractivity contribution is 7.89. The molecule has 0 bridgehead atoms. The van der Waals surface area contributed by atoms with Crippen molar-refractivity contribution in [2.45, 2.75) is 63.8 Å². The first kappa shape index (κ1) is 23.3. The number of hydrogen-bond donors (Lipinski definition) is 2. The lowest BCUT2D eigenvalue weighted by Gasteiger charge is -2.30. The second-order valence-electron chi connectivity index (χ2n) is 8.08. The van der Waals surface area contributed by atoms with E-state index in [0.29, 0.717) is 38.6 Å². The second kappa shape index (κ2) is 10.2. The topological polar surface area (TPSA) is 115 Å². The summed E-state index contributed by atoms with van der Waals surface area (Å²) in [5.74, 6) is -1.74. The van der Waals surface area contributed by atoms with E-state index in [9.17, 15) is 23.1 Å². The Bertz CT molecular complexity index is 799. The summed E-state index contributed by atoms with van der Waals surface area (Å²) in [5.41, 5.74) is 0.952. The Labute approximate surface area is 173 Å². The average Bonchev–Trinajstić information content (AvgIpc) is 2.70. The van der Waals surface area contributed by atoms with Crippen molar-refractivity contribution in [3.05, 3.63) is 29.8 Å². The van der Waals surface area contributed by atoms with Gasteiger partial charge >= 0.3 is 0 Å². The van der Waals surface area contributed by atoms with Gasteiger partial charge in [-0.25, -0.2) is 8.42 Å². The molecule has 0 aliphatic heterocycles. The van der Waals surface area contributed by atoms with Gasteiger partial charge in [0.05, 0.1) is 4.90 Å². The van der Waals surface area contributed by atoms with E-state index in [-0.39, 0.29) is 22.6 Å². The molecule has 0 radical (unpaired) electrons. The van der Waals surface area contributed by atoms with Gasteiger partial charge in [0.1, 0.15) is 6.04 Å². The molecule has 2 N–H and O–H groups in total. The van der Waals surface area contributed by atoms with Gasteiger partial charge in [0.15, 0.2) is 0 Å². The predicted octanol–water partition coefficient (Wildman–Crippen LogP) is 1.36. The van der Waals surface area contributed by atoms with Gasteiger partial charge in [-0.1, -0.05) is 38.0 Å². The number of aryl methyl sites for hydroxylation is 1. The number of carbonyl (C=O) groups excluding carboxylic acids is 2. The number of benzene rings is 1. The Morgan fingerprint density at radius 2 is 1.72 bits per heavy atom. The van der Waals surface area contributed by atoms with Crippen LogP contribution in [0.4, 0.5) is 0 Å². The van der Waals surface area contributed by atoms with Crippen LogP contribution in [0.15, 0.2) is 29.2 Å². The highest BCUT2D eigenvalue weighted by Crippen LogP contribution is 2.28. The maximum atomic E-state index is 12.8. The Kier molecular flexibility index (Phi) is 8.22. The summed E-state index contributed by atoms with van der Waals surface area (Å²) in [4.78, 5) is 23.9. The molecule has 0 aromatic heterocycles. The molecule has 1 fully saturated rings. The molecule has 0 heterocycles. The number of carboxylic acids is 1. The highest BCUT2D eigenvalue weighted by atomic mass is 32.2. The van der Waals surface area contributed by atoms with Gasteiger partial charge in [-0.2, -0.15) is 4.72 Å². The molecule has 2 rings (SSSR count). The number of amides is 1. The van der Waals surface area contributed by atoms with E-state index in [0.717, 1.165) is 5.56 Å². The molecule has 0 saturated heterocycles. The first-order chi connectivity index (χ1) is 13.6. The summed E-state index contributed by atoms with van der Waals surface area (Å²) >= 11 is 0. The smallest absolute Gasteiger partial charge is 0.241 e. The van der Waals surface area contributed by atoms with Gasteiger partial charge < -0.3 is 15.2 Å². The molecule has 1 saturated carbocycles. The van der Waals surface area contributed by atoms with Gasteiger partial charge in [0.25, 0.3) is 0 Å². The molecule has 1 amide bonds. The third-order valence-corrected chi connectivity index (χ3v) is 7.31. The zero-order valence-electron chi connectivity index (χ0n) is 17.3. The first-order valence-electron chi connectivity index (χ1n) is 10.2. The number of hydrogen-bond acceptors (Lipinski definition) is 5. The van der Waals surface area contributed by atoms with Crippen LogP contribution in [0, 0.1) is 24.7 Å². The minimum absolute atomic E-state index is 0.129. The third-order valence-electron chi connectivity index (χ3n) is 5.85. The van der Waals surface area contributed by atoms with Crippen LogP contribution in [0.25, 0.3) is 0 Å². The minimum Gasteiger partial charge on any atom is -0.550 e. The number of aliphatic carboxylic acids is 1. The first-order valence-corrected chi connectivity index (χ1v) is 11.7. The lowest BCUT2D eigenvalue weighted by molar-refractivity contribution is -0.312. The number of nitrogens with one attached hydrogen (secondary N) is 2. The molecule has 29 heavy (non-hydrogen) atoms. The lowest BCUT2D eigenvalue weighted by Crippen LogP contribution is -2.51. The quantitative estimate of drug-likeness (QED) is 0.622. The normalized spacial score (nSPS) is 21.9. The van der Waals surface area contributed by atoms with Crippen LogP contribution < -0.4 is 15.1 Å². The second-order valence-corrected chi connectivity index (χ2v) is 9.79.